The number of hydrogen-bond donors (Lipinski definition) is 5. The summed E-state index contributed by atoms with van der Waals surface area (Å²) in [6.07, 6.45) is -5.58. The Morgan fingerprint density at radius 1 is 0.822 bits per heavy atom. The number of aromatic carboxylic acids is 2. The molecule has 0 fully saturated rings. The fourth-order valence-corrected chi connectivity index (χ4v) is 3.66. The van der Waals surface area contributed by atoms with Crippen molar-refractivity contribution in [2.24, 2.45) is 5.73 Å². The Bertz CT molecular complexity index is 1250. The standard InChI is InChI=1S/C16H23F3N2O3.C8H6O4.C7H8.C2H6/c1-15(2,23)24-13(8-9-20)12(21-14(22)16(17,18)19)10-11-6-4-3-5-7-11;9-7(10)5-3-1-2-4-6(5)8(11)12;1-7-5-3-2-4-6-7;1-2/h3-7,12-13,23H,8-10,20H2,1-2H3,(H,21,22);1-4H,(H,9,10)(H,11,12);2-6H,1H3;1-2H3. The molecular formula is C33H43F3N2O7. The number of carboxylic acids is 2. The second-order valence-electron chi connectivity index (χ2n) is 9.76. The summed E-state index contributed by atoms with van der Waals surface area (Å²) in [5.41, 5.74) is 7.17. The van der Waals surface area contributed by atoms with Crippen LogP contribution < -0.4 is 11.1 Å². The lowest BCUT2D eigenvalue weighted by molar-refractivity contribution is -0.214. The van der Waals surface area contributed by atoms with Crippen molar-refractivity contribution in [2.45, 2.75) is 71.6 Å². The van der Waals surface area contributed by atoms with Crippen LogP contribution in [-0.2, 0) is 16.0 Å². The first kappa shape index (κ1) is 40.7. The van der Waals surface area contributed by atoms with Gasteiger partial charge in [-0.2, -0.15) is 13.2 Å². The number of aryl methyl sites for hydroxylation is 1. The number of nitrogens with two attached hydrogens (primary N) is 1. The van der Waals surface area contributed by atoms with E-state index in [1.807, 2.05) is 37.4 Å². The number of aliphatic hydroxyl groups is 1. The normalized spacial score (nSPS) is 12.0. The van der Waals surface area contributed by atoms with Gasteiger partial charge in [-0.1, -0.05) is 92.2 Å². The lowest BCUT2D eigenvalue weighted by Gasteiger charge is -2.33. The summed E-state index contributed by atoms with van der Waals surface area (Å²) in [5.74, 6) is -6.08. The van der Waals surface area contributed by atoms with E-state index in [0.29, 0.717) is 0 Å². The Labute approximate surface area is 261 Å². The van der Waals surface area contributed by atoms with Gasteiger partial charge in [0, 0.05) is 0 Å². The van der Waals surface area contributed by atoms with E-state index < -0.39 is 42.0 Å². The Morgan fingerprint density at radius 3 is 1.58 bits per heavy atom. The highest BCUT2D eigenvalue weighted by atomic mass is 19.4. The minimum absolute atomic E-state index is 0.114. The number of halogens is 3. The maximum Gasteiger partial charge on any atom is 0.471 e. The lowest BCUT2D eigenvalue weighted by Crippen LogP contribution is -2.52. The fourth-order valence-electron chi connectivity index (χ4n) is 3.66. The summed E-state index contributed by atoms with van der Waals surface area (Å²) in [7, 11) is 0. The van der Waals surface area contributed by atoms with Gasteiger partial charge < -0.3 is 31.1 Å². The van der Waals surface area contributed by atoms with Crippen LogP contribution in [0.3, 0.4) is 0 Å². The Hall–Kier alpha value is -4.26. The highest BCUT2D eigenvalue weighted by Gasteiger charge is 2.41. The largest absolute Gasteiger partial charge is 0.478 e. The van der Waals surface area contributed by atoms with Gasteiger partial charge in [-0.25, -0.2) is 9.59 Å². The molecule has 0 spiro atoms. The van der Waals surface area contributed by atoms with Crippen LogP contribution in [0, 0.1) is 6.92 Å². The molecule has 0 aromatic heterocycles. The molecule has 45 heavy (non-hydrogen) atoms. The Balaban J connectivity index is 0.000000754. The molecule has 248 valence electrons. The van der Waals surface area contributed by atoms with Crippen LogP contribution in [0.4, 0.5) is 13.2 Å². The zero-order valence-electron chi connectivity index (χ0n) is 26.0. The van der Waals surface area contributed by atoms with Crippen molar-refractivity contribution < 1.29 is 47.6 Å². The zero-order chi connectivity index (χ0) is 34.6. The van der Waals surface area contributed by atoms with Crippen molar-refractivity contribution in [2.75, 3.05) is 6.54 Å². The quantitative estimate of drug-likeness (QED) is 0.174. The summed E-state index contributed by atoms with van der Waals surface area (Å²) < 4.78 is 43.2. The third-order valence-corrected chi connectivity index (χ3v) is 5.54. The van der Waals surface area contributed by atoms with Crippen molar-refractivity contribution in [3.8, 4) is 0 Å². The fraction of sp³-hybridized carbons (Fsp3) is 0.364. The van der Waals surface area contributed by atoms with Gasteiger partial charge in [-0.3, -0.25) is 4.79 Å². The van der Waals surface area contributed by atoms with Gasteiger partial charge in [0.15, 0.2) is 5.79 Å². The third-order valence-electron chi connectivity index (χ3n) is 5.54. The van der Waals surface area contributed by atoms with Crippen molar-refractivity contribution in [1.82, 2.24) is 5.32 Å². The van der Waals surface area contributed by atoms with Crippen LogP contribution in [0.15, 0.2) is 84.9 Å². The highest BCUT2D eigenvalue weighted by molar-refractivity contribution is 6.01. The van der Waals surface area contributed by atoms with Crippen molar-refractivity contribution in [1.29, 1.82) is 0 Å². The number of ether oxygens (including phenoxy) is 1. The molecule has 12 heteroatoms. The number of benzene rings is 3. The van der Waals surface area contributed by atoms with Crippen LogP contribution in [0.1, 0.15) is 66.0 Å². The molecule has 0 aliphatic carbocycles. The molecule has 9 nitrogen and oxygen atoms in total. The molecule has 0 heterocycles. The van der Waals surface area contributed by atoms with E-state index >= 15 is 0 Å². The number of amides is 1. The lowest BCUT2D eigenvalue weighted by atomic mass is 9.98. The van der Waals surface area contributed by atoms with Gasteiger partial charge in [0.25, 0.3) is 0 Å². The van der Waals surface area contributed by atoms with Crippen LogP contribution in [0.2, 0.25) is 0 Å². The van der Waals surface area contributed by atoms with Crippen LogP contribution >= 0.6 is 0 Å². The minimum Gasteiger partial charge on any atom is -0.478 e. The molecule has 3 aromatic rings. The van der Waals surface area contributed by atoms with Crippen LogP contribution in [0.25, 0.3) is 0 Å². The average Bonchev–Trinajstić information content (AvgIpc) is 2.98. The van der Waals surface area contributed by atoms with Gasteiger partial charge in [-0.15, -0.1) is 0 Å². The monoisotopic (exact) mass is 636 g/mol. The number of carboxylic acid groups (broad SMARTS) is 2. The molecule has 6 N–H and O–H groups in total. The maximum absolute atomic E-state index is 12.6. The predicted molar refractivity (Wildman–Crippen MR) is 166 cm³/mol. The zero-order valence-corrected chi connectivity index (χ0v) is 26.0. The molecule has 0 aliphatic heterocycles. The SMILES string of the molecule is CC.CC(C)(O)OC(CCN)C(Cc1ccccc1)NC(=O)C(F)(F)F.Cc1ccccc1.O=C(O)c1ccccc1C(=O)O. The first-order valence-electron chi connectivity index (χ1n) is 14.1. The average molecular weight is 637 g/mol. The molecule has 0 bridgehead atoms. The summed E-state index contributed by atoms with van der Waals surface area (Å²) in [6.45, 7) is 8.94. The third kappa shape index (κ3) is 17.6. The first-order valence-corrected chi connectivity index (χ1v) is 14.1. The molecule has 0 radical (unpaired) electrons. The predicted octanol–water partition coefficient (Wildman–Crippen LogP) is 5.84. The van der Waals surface area contributed by atoms with E-state index in [-0.39, 0.29) is 30.5 Å². The molecule has 3 rings (SSSR count). The van der Waals surface area contributed by atoms with Gasteiger partial charge in [0.05, 0.1) is 23.3 Å². The smallest absolute Gasteiger partial charge is 0.471 e. The minimum atomic E-state index is -5.00. The van der Waals surface area contributed by atoms with E-state index in [2.05, 4.69) is 19.1 Å². The Morgan fingerprint density at radius 2 is 1.24 bits per heavy atom. The molecule has 2 unspecified atom stereocenters. The van der Waals surface area contributed by atoms with E-state index in [0.717, 1.165) is 5.56 Å². The van der Waals surface area contributed by atoms with Gasteiger partial charge in [0.1, 0.15) is 0 Å². The van der Waals surface area contributed by atoms with Gasteiger partial charge in [0.2, 0.25) is 0 Å². The van der Waals surface area contributed by atoms with Gasteiger partial charge in [-0.05, 0) is 57.9 Å². The molecular weight excluding hydrogens is 593 g/mol. The summed E-state index contributed by atoms with van der Waals surface area (Å²) in [5, 5.41) is 28.9. The molecule has 3 aromatic carbocycles. The van der Waals surface area contributed by atoms with E-state index in [1.165, 1.54) is 43.7 Å². The topological polar surface area (TPSA) is 159 Å². The molecule has 0 saturated carbocycles. The summed E-state index contributed by atoms with van der Waals surface area (Å²) in [6, 6.07) is 23.5. The number of nitrogens with one attached hydrogen (secondary N) is 1. The number of hydrogen-bond acceptors (Lipinski definition) is 6. The Kier molecular flexibility index (Phi) is 18.7. The van der Waals surface area contributed by atoms with Crippen LogP contribution in [0.5, 0.6) is 0 Å². The van der Waals surface area contributed by atoms with E-state index in [9.17, 15) is 32.7 Å². The summed E-state index contributed by atoms with van der Waals surface area (Å²) in [4.78, 5) is 32.3. The number of alkyl halides is 3. The second-order valence-corrected chi connectivity index (χ2v) is 9.76. The molecule has 2 atom stereocenters. The number of carbonyl (C=O) groups is 3. The van der Waals surface area contributed by atoms with E-state index in [1.54, 1.807) is 30.3 Å². The molecule has 0 saturated heterocycles. The highest BCUT2D eigenvalue weighted by Crippen LogP contribution is 2.20. The van der Waals surface area contributed by atoms with Crippen molar-refractivity contribution in [3.05, 3.63) is 107 Å². The van der Waals surface area contributed by atoms with Crippen molar-refractivity contribution >= 4 is 17.8 Å². The maximum atomic E-state index is 12.6. The van der Waals surface area contributed by atoms with Crippen LogP contribution in [-0.4, -0.2) is 63.8 Å². The van der Waals surface area contributed by atoms with Gasteiger partial charge >= 0.3 is 24.0 Å². The number of rotatable bonds is 10. The second kappa shape index (κ2) is 20.7. The first-order chi connectivity index (χ1) is 21.0. The number of carbonyl (C=O) groups excluding carboxylic acids is 1. The van der Waals surface area contributed by atoms with E-state index in [4.69, 9.17) is 20.7 Å². The molecule has 0 aliphatic rings. The van der Waals surface area contributed by atoms with Crippen molar-refractivity contribution in [3.63, 3.8) is 0 Å². The summed E-state index contributed by atoms with van der Waals surface area (Å²) >= 11 is 0. The molecule has 1 amide bonds.